The first-order valence-corrected chi connectivity index (χ1v) is 6.52. The third-order valence-corrected chi connectivity index (χ3v) is 3.40. The lowest BCUT2D eigenvalue weighted by Crippen LogP contribution is -2.40. The fraction of sp³-hybridized carbons (Fsp3) is 0.385. The molecule has 0 spiro atoms. The first kappa shape index (κ1) is 12.7. The predicted octanol–water partition coefficient (Wildman–Crippen LogP) is 0.259. The van der Waals surface area contributed by atoms with Gasteiger partial charge in [0.15, 0.2) is 5.82 Å². The molecule has 3 heterocycles. The summed E-state index contributed by atoms with van der Waals surface area (Å²) in [5.41, 5.74) is 0.547. The van der Waals surface area contributed by atoms with Gasteiger partial charge in [0, 0.05) is 19.3 Å². The SMILES string of the molecule is O=C(c1ccc(-n2cncn2)nc1)N1CCC(O)CC1. The summed E-state index contributed by atoms with van der Waals surface area (Å²) in [4.78, 5) is 22.1. The molecule has 0 atom stereocenters. The maximum atomic E-state index is 12.3. The monoisotopic (exact) mass is 273 g/mol. The number of amides is 1. The summed E-state index contributed by atoms with van der Waals surface area (Å²) >= 11 is 0. The molecule has 2 aromatic heterocycles. The molecular formula is C13H15N5O2. The highest BCUT2D eigenvalue weighted by atomic mass is 16.3. The molecule has 1 saturated heterocycles. The average molecular weight is 273 g/mol. The third-order valence-electron chi connectivity index (χ3n) is 3.40. The molecule has 1 aliphatic heterocycles. The minimum Gasteiger partial charge on any atom is -0.393 e. The van der Waals surface area contributed by atoms with E-state index >= 15 is 0 Å². The second-order valence-electron chi connectivity index (χ2n) is 4.77. The van der Waals surface area contributed by atoms with Crippen LogP contribution in [0.15, 0.2) is 31.0 Å². The molecule has 104 valence electrons. The van der Waals surface area contributed by atoms with Gasteiger partial charge in [0.25, 0.3) is 5.91 Å². The average Bonchev–Trinajstić information content (AvgIpc) is 3.02. The molecule has 3 rings (SSSR count). The Morgan fingerprint density at radius 3 is 2.70 bits per heavy atom. The number of aliphatic hydroxyl groups excluding tert-OH is 1. The largest absolute Gasteiger partial charge is 0.393 e. The molecule has 1 amide bonds. The van der Waals surface area contributed by atoms with E-state index in [1.165, 1.54) is 11.0 Å². The lowest BCUT2D eigenvalue weighted by atomic mass is 10.1. The molecule has 20 heavy (non-hydrogen) atoms. The molecule has 0 unspecified atom stereocenters. The van der Waals surface area contributed by atoms with Gasteiger partial charge in [-0.15, -0.1) is 0 Å². The zero-order chi connectivity index (χ0) is 13.9. The standard InChI is InChI=1S/C13H15N5O2/c19-11-3-5-17(6-4-11)13(20)10-1-2-12(15-7-10)18-9-14-8-16-18/h1-2,7-9,11,19H,3-6H2. The first-order chi connectivity index (χ1) is 9.74. The molecule has 0 aliphatic carbocycles. The molecule has 0 radical (unpaired) electrons. The molecule has 0 saturated carbocycles. The Hall–Kier alpha value is -2.28. The minimum atomic E-state index is -0.285. The molecule has 2 aromatic rings. The number of aliphatic hydroxyl groups is 1. The van der Waals surface area contributed by atoms with Crippen molar-refractivity contribution in [2.24, 2.45) is 0 Å². The van der Waals surface area contributed by atoms with Gasteiger partial charge in [0.1, 0.15) is 12.7 Å². The van der Waals surface area contributed by atoms with E-state index in [1.54, 1.807) is 29.6 Å². The first-order valence-electron chi connectivity index (χ1n) is 6.52. The van der Waals surface area contributed by atoms with Crippen molar-refractivity contribution < 1.29 is 9.90 Å². The summed E-state index contributed by atoms with van der Waals surface area (Å²) in [5, 5.41) is 13.4. The molecule has 1 aliphatic rings. The molecular weight excluding hydrogens is 258 g/mol. The molecule has 0 bridgehead atoms. The third kappa shape index (κ3) is 2.53. The summed E-state index contributed by atoms with van der Waals surface area (Å²) in [6, 6.07) is 3.47. The van der Waals surface area contributed by atoms with Crippen molar-refractivity contribution in [3.05, 3.63) is 36.5 Å². The van der Waals surface area contributed by atoms with Crippen molar-refractivity contribution in [2.75, 3.05) is 13.1 Å². The highest BCUT2D eigenvalue weighted by molar-refractivity contribution is 5.94. The Morgan fingerprint density at radius 2 is 2.10 bits per heavy atom. The number of hydrogen-bond acceptors (Lipinski definition) is 5. The normalized spacial score (nSPS) is 16.4. The van der Waals surface area contributed by atoms with E-state index in [0.29, 0.717) is 37.3 Å². The van der Waals surface area contributed by atoms with Crippen molar-refractivity contribution in [3.63, 3.8) is 0 Å². The fourth-order valence-electron chi connectivity index (χ4n) is 2.23. The van der Waals surface area contributed by atoms with E-state index in [4.69, 9.17) is 0 Å². The Kier molecular flexibility index (Phi) is 3.42. The van der Waals surface area contributed by atoms with Gasteiger partial charge in [-0.25, -0.2) is 14.6 Å². The number of likely N-dealkylation sites (tertiary alicyclic amines) is 1. The lowest BCUT2D eigenvalue weighted by Gasteiger charge is -2.29. The number of carbonyl (C=O) groups excluding carboxylic acids is 1. The van der Waals surface area contributed by atoms with E-state index in [-0.39, 0.29) is 12.0 Å². The van der Waals surface area contributed by atoms with Crippen LogP contribution in [0.3, 0.4) is 0 Å². The zero-order valence-corrected chi connectivity index (χ0v) is 10.9. The van der Waals surface area contributed by atoms with Crippen LogP contribution in [0.5, 0.6) is 0 Å². The number of pyridine rings is 1. The van der Waals surface area contributed by atoms with Crippen LogP contribution in [0, 0.1) is 0 Å². The molecule has 7 nitrogen and oxygen atoms in total. The van der Waals surface area contributed by atoms with E-state index in [9.17, 15) is 9.90 Å². The fourth-order valence-corrected chi connectivity index (χ4v) is 2.23. The summed E-state index contributed by atoms with van der Waals surface area (Å²) < 4.78 is 1.53. The van der Waals surface area contributed by atoms with Gasteiger partial charge < -0.3 is 10.0 Å². The summed E-state index contributed by atoms with van der Waals surface area (Å²) in [5.74, 6) is 0.572. The van der Waals surface area contributed by atoms with E-state index in [1.807, 2.05) is 0 Å². The number of nitrogens with zero attached hydrogens (tertiary/aromatic N) is 5. The number of piperidine rings is 1. The van der Waals surface area contributed by atoms with Gasteiger partial charge in [-0.2, -0.15) is 5.10 Å². The second-order valence-corrected chi connectivity index (χ2v) is 4.77. The van der Waals surface area contributed by atoms with Crippen LogP contribution in [0.4, 0.5) is 0 Å². The minimum absolute atomic E-state index is 0.0467. The van der Waals surface area contributed by atoms with Crippen LogP contribution in [0.1, 0.15) is 23.2 Å². The van der Waals surface area contributed by atoms with Crippen LogP contribution in [0.2, 0.25) is 0 Å². The van der Waals surface area contributed by atoms with Crippen LogP contribution in [-0.2, 0) is 0 Å². The molecule has 1 N–H and O–H groups in total. The van der Waals surface area contributed by atoms with Crippen LogP contribution >= 0.6 is 0 Å². The number of hydrogen-bond donors (Lipinski definition) is 1. The number of carbonyl (C=O) groups is 1. The quantitative estimate of drug-likeness (QED) is 0.848. The van der Waals surface area contributed by atoms with Gasteiger partial charge in [0.05, 0.1) is 11.7 Å². The van der Waals surface area contributed by atoms with Crippen LogP contribution in [0.25, 0.3) is 5.82 Å². The Bertz CT molecular complexity index is 573. The van der Waals surface area contributed by atoms with E-state index in [2.05, 4.69) is 15.1 Å². The number of aromatic nitrogens is 4. The Balaban J connectivity index is 1.73. The van der Waals surface area contributed by atoms with E-state index in [0.717, 1.165) is 0 Å². The maximum Gasteiger partial charge on any atom is 0.255 e. The maximum absolute atomic E-state index is 12.3. The smallest absolute Gasteiger partial charge is 0.255 e. The highest BCUT2D eigenvalue weighted by Gasteiger charge is 2.22. The van der Waals surface area contributed by atoms with Crippen molar-refractivity contribution in [1.82, 2.24) is 24.6 Å². The Labute approximate surface area is 115 Å². The van der Waals surface area contributed by atoms with Crippen LogP contribution in [-0.4, -0.2) is 54.9 Å². The van der Waals surface area contributed by atoms with Crippen LogP contribution < -0.4 is 0 Å². The van der Waals surface area contributed by atoms with Gasteiger partial charge >= 0.3 is 0 Å². The summed E-state index contributed by atoms with van der Waals surface area (Å²) in [6.45, 7) is 1.18. The molecule has 1 fully saturated rings. The van der Waals surface area contributed by atoms with Gasteiger partial charge in [-0.05, 0) is 25.0 Å². The molecule has 0 aromatic carbocycles. The van der Waals surface area contributed by atoms with Gasteiger partial charge in [0.2, 0.25) is 0 Å². The lowest BCUT2D eigenvalue weighted by molar-refractivity contribution is 0.0546. The van der Waals surface area contributed by atoms with Gasteiger partial charge in [-0.1, -0.05) is 0 Å². The number of rotatable bonds is 2. The van der Waals surface area contributed by atoms with E-state index < -0.39 is 0 Å². The summed E-state index contributed by atoms with van der Waals surface area (Å²) in [7, 11) is 0. The zero-order valence-electron chi connectivity index (χ0n) is 10.9. The van der Waals surface area contributed by atoms with Crippen molar-refractivity contribution >= 4 is 5.91 Å². The van der Waals surface area contributed by atoms with Gasteiger partial charge in [-0.3, -0.25) is 4.79 Å². The van der Waals surface area contributed by atoms with Crippen molar-refractivity contribution in [1.29, 1.82) is 0 Å². The molecule has 7 heteroatoms. The topological polar surface area (TPSA) is 84.1 Å². The second kappa shape index (κ2) is 5.38. The summed E-state index contributed by atoms with van der Waals surface area (Å²) in [6.07, 6.45) is 5.51. The van der Waals surface area contributed by atoms with Crippen molar-refractivity contribution in [3.8, 4) is 5.82 Å². The Morgan fingerprint density at radius 1 is 1.30 bits per heavy atom. The highest BCUT2D eigenvalue weighted by Crippen LogP contribution is 2.14. The predicted molar refractivity (Wildman–Crippen MR) is 70.3 cm³/mol. The van der Waals surface area contributed by atoms with Crippen molar-refractivity contribution in [2.45, 2.75) is 18.9 Å².